The highest BCUT2D eigenvalue weighted by Gasteiger charge is 2.51. The molecule has 0 saturated heterocycles. The zero-order chi connectivity index (χ0) is 17.4. The van der Waals surface area contributed by atoms with E-state index in [0.29, 0.717) is 12.8 Å². The molecular weight excluding hydrogens is 312 g/mol. The Morgan fingerprint density at radius 3 is 2.12 bits per heavy atom. The van der Waals surface area contributed by atoms with Crippen LogP contribution < -0.4 is 11.1 Å². The van der Waals surface area contributed by atoms with Crippen LogP contribution in [0.5, 0.6) is 0 Å². The van der Waals surface area contributed by atoms with E-state index in [1.54, 1.807) is 0 Å². The Morgan fingerprint density at radius 1 is 1.04 bits per heavy atom. The zero-order valence-corrected chi connectivity index (χ0v) is 14.7. The number of amides is 2. The average molecular weight is 340 g/mol. The Hall–Kier alpha value is -1.84. The van der Waals surface area contributed by atoms with Crippen LogP contribution in [-0.2, 0) is 16.0 Å². The van der Waals surface area contributed by atoms with Gasteiger partial charge < -0.3 is 11.1 Å². The van der Waals surface area contributed by atoms with Crippen molar-refractivity contribution < 1.29 is 9.59 Å². The number of benzene rings is 1. The molecule has 4 aliphatic carbocycles. The maximum atomic E-state index is 12.7. The molecule has 25 heavy (non-hydrogen) atoms. The first-order valence-corrected chi connectivity index (χ1v) is 9.64. The van der Waals surface area contributed by atoms with Crippen LogP contribution in [0, 0.1) is 23.2 Å². The molecule has 4 bridgehead atoms. The van der Waals surface area contributed by atoms with Gasteiger partial charge in [0, 0.05) is 12.8 Å². The second kappa shape index (κ2) is 6.47. The van der Waals surface area contributed by atoms with E-state index in [1.165, 1.54) is 38.5 Å². The molecule has 1 atom stereocenters. The Morgan fingerprint density at radius 2 is 1.60 bits per heavy atom. The molecule has 1 aromatic carbocycles. The van der Waals surface area contributed by atoms with Gasteiger partial charge in [-0.05, 0) is 67.3 Å². The van der Waals surface area contributed by atoms with Crippen LogP contribution in [0.4, 0.5) is 0 Å². The minimum Gasteiger partial charge on any atom is -0.368 e. The summed E-state index contributed by atoms with van der Waals surface area (Å²) in [6.45, 7) is 0. The average Bonchev–Trinajstić information content (AvgIpc) is 2.53. The lowest BCUT2D eigenvalue weighted by molar-refractivity contribution is -0.133. The Balaban J connectivity index is 1.39. The summed E-state index contributed by atoms with van der Waals surface area (Å²) in [6.07, 6.45) is 8.75. The highest BCUT2D eigenvalue weighted by atomic mass is 16.2. The second-order valence-corrected chi connectivity index (χ2v) is 8.81. The number of hydrogen-bond donors (Lipinski definition) is 2. The summed E-state index contributed by atoms with van der Waals surface area (Å²) in [5, 5.41) is 2.93. The lowest BCUT2D eigenvalue weighted by Crippen LogP contribution is -2.51. The minimum absolute atomic E-state index is 0.00156. The van der Waals surface area contributed by atoms with E-state index >= 15 is 0 Å². The normalized spacial score (nSPS) is 33.8. The smallest absolute Gasteiger partial charge is 0.240 e. The van der Waals surface area contributed by atoms with Crippen molar-refractivity contribution in [2.24, 2.45) is 28.9 Å². The monoisotopic (exact) mass is 340 g/mol. The molecule has 2 amide bonds. The lowest BCUT2D eigenvalue weighted by atomic mass is 9.49. The van der Waals surface area contributed by atoms with E-state index in [1.807, 2.05) is 30.3 Å². The molecule has 134 valence electrons. The first-order valence-electron chi connectivity index (χ1n) is 9.64. The van der Waals surface area contributed by atoms with Gasteiger partial charge in [-0.3, -0.25) is 9.59 Å². The zero-order valence-electron chi connectivity index (χ0n) is 14.7. The maximum absolute atomic E-state index is 12.7. The number of rotatable bonds is 6. The Labute approximate surface area is 149 Å². The highest BCUT2D eigenvalue weighted by molar-refractivity contribution is 5.87. The first-order chi connectivity index (χ1) is 12.0. The molecule has 0 heterocycles. The van der Waals surface area contributed by atoms with E-state index in [4.69, 9.17) is 5.73 Å². The van der Waals surface area contributed by atoms with Crippen LogP contribution in [0.25, 0.3) is 0 Å². The van der Waals surface area contributed by atoms with E-state index in [2.05, 4.69) is 5.32 Å². The summed E-state index contributed by atoms with van der Waals surface area (Å²) in [5.41, 5.74) is 6.74. The summed E-state index contributed by atoms with van der Waals surface area (Å²) < 4.78 is 0. The van der Waals surface area contributed by atoms with Crippen molar-refractivity contribution in [2.75, 3.05) is 0 Å². The van der Waals surface area contributed by atoms with E-state index in [-0.39, 0.29) is 11.3 Å². The SMILES string of the molecule is NC(=O)[C@H](Cc1ccccc1)NC(=O)CC12CC3CC(CC(C3)C1)C2. The second-order valence-electron chi connectivity index (χ2n) is 8.81. The number of hydrogen-bond acceptors (Lipinski definition) is 2. The van der Waals surface area contributed by atoms with Gasteiger partial charge in [-0.15, -0.1) is 0 Å². The van der Waals surface area contributed by atoms with Crippen molar-refractivity contribution in [1.82, 2.24) is 5.32 Å². The summed E-state index contributed by atoms with van der Waals surface area (Å²) in [4.78, 5) is 24.5. The number of primary amides is 1. The van der Waals surface area contributed by atoms with Gasteiger partial charge >= 0.3 is 0 Å². The third kappa shape index (κ3) is 3.58. The number of carbonyl (C=O) groups is 2. The Bertz CT molecular complexity index is 620. The Kier molecular flexibility index (Phi) is 4.30. The molecule has 1 aromatic rings. The molecule has 4 heteroatoms. The number of nitrogens with one attached hydrogen (secondary N) is 1. The van der Waals surface area contributed by atoms with E-state index < -0.39 is 11.9 Å². The van der Waals surface area contributed by atoms with Crippen molar-refractivity contribution in [3.05, 3.63) is 35.9 Å². The van der Waals surface area contributed by atoms with Crippen LogP contribution in [0.1, 0.15) is 50.5 Å². The van der Waals surface area contributed by atoms with Gasteiger partial charge in [-0.25, -0.2) is 0 Å². The molecule has 4 nitrogen and oxygen atoms in total. The van der Waals surface area contributed by atoms with Crippen molar-refractivity contribution in [3.63, 3.8) is 0 Å². The van der Waals surface area contributed by atoms with Crippen LogP contribution in [0.15, 0.2) is 30.3 Å². The summed E-state index contributed by atoms with van der Waals surface area (Å²) in [6, 6.07) is 9.11. The van der Waals surface area contributed by atoms with Gasteiger partial charge in [-0.1, -0.05) is 30.3 Å². The topological polar surface area (TPSA) is 72.2 Å². The third-order valence-electron chi connectivity index (χ3n) is 6.66. The fourth-order valence-corrected chi connectivity index (χ4v) is 6.17. The van der Waals surface area contributed by atoms with Crippen molar-refractivity contribution in [1.29, 1.82) is 0 Å². The standard InChI is InChI=1S/C21H28N2O2/c22-20(25)18(9-14-4-2-1-3-5-14)23-19(24)13-21-10-15-6-16(11-21)8-17(7-15)12-21/h1-5,15-18H,6-13H2,(H2,22,25)(H,23,24)/t15?,16?,17?,18-,21?/m0/s1. The first kappa shape index (κ1) is 16.6. The molecule has 0 aromatic heterocycles. The van der Waals surface area contributed by atoms with Crippen molar-refractivity contribution in [2.45, 2.75) is 57.4 Å². The van der Waals surface area contributed by atoms with Gasteiger partial charge in [0.05, 0.1) is 0 Å². The molecular formula is C21H28N2O2. The number of nitrogens with two attached hydrogens (primary N) is 1. The highest BCUT2D eigenvalue weighted by Crippen LogP contribution is 2.61. The fraction of sp³-hybridized carbons (Fsp3) is 0.619. The van der Waals surface area contributed by atoms with Crippen LogP contribution >= 0.6 is 0 Å². The summed E-state index contributed by atoms with van der Waals surface area (Å²) >= 11 is 0. The van der Waals surface area contributed by atoms with Gasteiger partial charge in [0.2, 0.25) is 11.8 Å². The quantitative estimate of drug-likeness (QED) is 0.836. The van der Waals surface area contributed by atoms with Gasteiger partial charge in [0.15, 0.2) is 0 Å². The lowest BCUT2D eigenvalue weighted by Gasteiger charge is -2.56. The molecule has 4 fully saturated rings. The van der Waals surface area contributed by atoms with E-state index in [9.17, 15) is 9.59 Å². The molecule has 0 aliphatic heterocycles. The third-order valence-corrected chi connectivity index (χ3v) is 6.66. The maximum Gasteiger partial charge on any atom is 0.240 e. The number of carbonyl (C=O) groups excluding carboxylic acids is 2. The predicted octanol–water partition coefficient (Wildman–Crippen LogP) is 2.81. The molecule has 5 rings (SSSR count). The van der Waals surface area contributed by atoms with Crippen molar-refractivity contribution >= 4 is 11.8 Å². The fourth-order valence-electron chi connectivity index (χ4n) is 6.17. The molecule has 0 spiro atoms. The largest absolute Gasteiger partial charge is 0.368 e. The van der Waals surface area contributed by atoms with Crippen molar-refractivity contribution in [3.8, 4) is 0 Å². The van der Waals surface area contributed by atoms with Crippen LogP contribution in [0.3, 0.4) is 0 Å². The summed E-state index contributed by atoms with van der Waals surface area (Å²) in [7, 11) is 0. The molecule has 4 saturated carbocycles. The van der Waals surface area contributed by atoms with Gasteiger partial charge in [0.25, 0.3) is 0 Å². The minimum atomic E-state index is -0.621. The molecule has 0 unspecified atom stereocenters. The molecule has 0 radical (unpaired) electrons. The summed E-state index contributed by atoms with van der Waals surface area (Å²) in [5.74, 6) is 2.03. The van der Waals surface area contributed by atoms with Gasteiger partial charge in [0.1, 0.15) is 6.04 Å². The van der Waals surface area contributed by atoms with Gasteiger partial charge in [-0.2, -0.15) is 0 Å². The van der Waals surface area contributed by atoms with Crippen LogP contribution in [0.2, 0.25) is 0 Å². The molecule has 4 aliphatic rings. The van der Waals surface area contributed by atoms with Crippen LogP contribution in [-0.4, -0.2) is 17.9 Å². The van der Waals surface area contributed by atoms with E-state index in [0.717, 1.165) is 23.3 Å². The molecule has 3 N–H and O–H groups in total. The predicted molar refractivity (Wildman–Crippen MR) is 96.5 cm³/mol.